The molecule has 1 fully saturated rings. The molecule has 3 heterocycles. The maximum Gasteiger partial charge on any atom is 0.142 e. The van der Waals surface area contributed by atoms with Crippen LogP contribution in [0.3, 0.4) is 0 Å². The monoisotopic (exact) mass is 317 g/mol. The Hall–Kier alpha value is -2.59. The van der Waals surface area contributed by atoms with E-state index in [9.17, 15) is 0 Å². The third-order valence-electron chi connectivity index (χ3n) is 4.89. The first-order chi connectivity index (χ1) is 11.9. The van der Waals surface area contributed by atoms with Gasteiger partial charge < -0.3 is 14.2 Å². The van der Waals surface area contributed by atoms with Crippen molar-refractivity contribution < 1.29 is 4.74 Å². The van der Waals surface area contributed by atoms with E-state index in [0.717, 1.165) is 44.4 Å². The summed E-state index contributed by atoms with van der Waals surface area (Å²) in [6.07, 6.45) is 0. The number of hydrogen-bond donors (Lipinski definition) is 0. The first kappa shape index (κ1) is 13.8. The average Bonchev–Trinajstić information content (AvgIpc) is 3.19. The van der Waals surface area contributed by atoms with E-state index in [0.29, 0.717) is 0 Å². The average molecular weight is 317 g/mol. The minimum Gasteiger partial charge on any atom is -0.378 e. The molecule has 0 unspecified atom stereocenters. The van der Waals surface area contributed by atoms with Crippen LogP contribution in [0.5, 0.6) is 0 Å². The SMILES string of the molecule is c1ccc(-c2nc3n(c2N2CCOCC2)Cc2ccccc2-3)cc1. The number of fused-ring (bicyclic) bond motifs is 3. The Kier molecular flexibility index (Phi) is 3.16. The van der Waals surface area contributed by atoms with E-state index in [4.69, 9.17) is 9.72 Å². The molecule has 2 aliphatic heterocycles. The molecule has 0 saturated carbocycles. The van der Waals surface area contributed by atoms with Crippen LogP contribution < -0.4 is 4.90 Å². The van der Waals surface area contributed by atoms with Crippen LogP contribution >= 0.6 is 0 Å². The molecule has 1 aromatic heterocycles. The van der Waals surface area contributed by atoms with Crippen molar-refractivity contribution in [2.24, 2.45) is 0 Å². The summed E-state index contributed by atoms with van der Waals surface area (Å²) in [6.45, 7) is 4.30. The van der Waals surface area contributed by atoms with E-state index < -0.39 is 0 Å². The number of aromatic nitrogens is 2. The van der Waals surface area contributed by atoms with E-state index in [-0.39, 0.29) is 0 Å². The highest BCUT2D eigenvalue weighted by Gasteiger charge is 2.29. The number of morpholine rings is 1. The second kappa shape index (κ2) is 5.49. The van der Waals surface area contributed by atoms with Gasteiger partial charge in [0.1, 0.15) is 17.3 Å². The number of imidazole rings is 1. The van der Waals surface area contributed by atoms with Crippen LogP contribution in [-0.4, -0.2) is 35.9 Å². The van der Waals surface area contributed by atoms with Crippen molar-refractivity contribution in [1.29, 1.82) is 0 Å². The fraction of sp³-hybridized carbons (Fsp3) is 0.250. The first-order valence-electron chi connectivity index (χ1n) is 8.49. The van der Waals surface area contributed by atoms with Crippen molar-refractivity contribution in [2.75, 3.05) is 31.2 Å². The summed E-state index contributed by atoms with van der Waals surface area (Å²) in [7, 11) is 0. The summed E-state index contributed by atoms with van der Waals surface area (Å²) in [6, 6.07) is 19.1. The van der Waals surface area contributed by atoms with Crippen molar-refractivity contribution in [3.8, 4) is 22.6 Å². The highest BCUT2D eigenvalue weighted by molar-refractivity contribution is 5.80. The largest absolute Gasteiger partial charge is 0.378 e. The van der Waals surface area contributed by atoms with Gasteiger partial charge in [0.05, 0.1) is 19.8 Å². The van der Waals surface area contributed by atoms with Crippen molar-refractivity contribution in [1.82, 2.24) is 9.55 Å². The molecule has 0 bridgehead atoms. The highest BCUT2D eigenvalue weighted by Crippen LogP contribution is 2.41. The number of rotatable bonds is 2. The van der Waals surface area contributed by atoms with Crippen molar-refractivity contribution in [2.45, 2.75) is 6.54 Å². The fourth-order valence-electron chi connectivity index (χ4n) is 3.73. The molecule has 4 heteroatoms. The summed E-state index contributed by atoms with van der Waals surface area (Å²) in [5.41, 5.74) is 4.88. The predicted molar refractivity (Wildman–Crippen MR) is 95.2 cm³/mol. The van der Waals surface area contributed by atoms with Crippen LogP contribution in [0.25, 0.3) is 22.6 Å². The molecule has 0 aliphatic carbocycles. The lowest BCUT2D eigenvalue weighted by Gasteiger charge is -2.30. The van der Waals surface area contributed by atoms with Gasteiger partial charge in [0, 0.05) is 24.2 Å². The van der Waals surface area contributed by atoms with Crippen LogP contribution in [0.2, 0.25) is 0 Å². The van der Waals surface area contributed by atoms with Crippen LogP contribution in [0.15, 0.2) is 54.6 Å². The lowest BCUT2D eigenvalue weighted by Crippen LogP contribution is -2.37. The maximum atomic E-state index is 5.55. The van der Waals surface area contributed by atoms with Gasteiger partial charge in [-0.15, -0.1) is 0 Å². The lowest BCUT2D eigenvalue weighted by atomic mass is 10.1. The summed E-state index contributed by atoms with van der Waals surface area (Å²) in [5.74, 6) is 2.32. The number of benzene rings is 2. The molecular weight excluding hydrogens is 298 g/mol. The van der Waals surface area contributed by atoms with Gasteiger partial charge in [-0.25, -0.2) is 4.98 Å². The first-order valence-corrected chi connectivity index (χ1v) is 8.49. The quantitative estimate of drug-likeness (QED) is 0.567. The van der Waals surface area contributed by atoms with Crippen molar-refractivity contribution in [3.63, 3.8) is 0 Å². The smallest absolute Gasteiger partial charge is 0.142 e. The number of anilines is 1. The Labute approximate surface area is 141 Å². The van der Waals surface area contributed by atoms with Gasteiger partial charge in [-0.05, 0) is 5.56 Å². The molecule has 1 saturated heterocycles. The van der Waals surface area contributed by atoms with E-state index in [1.165, 1.54) is 22.5 Å². The Morgan fingerprint density at radius 1 is 0.875 bits per heavy atom. The van der Waals surface area contributed by atoms with Gasteiger partial charge in [0.15, 0.2) is 0 Å². The molecule has 0 amide bonds. The molecule has 4 nitrogen and oxygen atoms in total. The third kappa shape index (κ3) is 2.07. The van der Waals surface area contributed by atoms with Gasteiger partial charge in [-0.2, -0.15) is 0 Å². The summed E-state index contributed by atoms with van der Waals surface area (Å²) >= 11 is 0. The van der Waals surface area contributed by atoms with Crippen LogP contribution in [0.4, 0.5) is 5.82 Å². The lowest BCUT2D eigenvalue weighted by molar-refractivity contribution is 0.122. The molecule has 2 aliphatic rings. The summed E-state index contributed by atoms with van der Waals surface area (Å²) in [4.78, 5) is 7.48. The summed E-state index contributed by atoms with van der Waals surface area (Å²) < 4.78 is 7.93. The Balaban J connectivity index is 1.71. The maximum absolute atomic E-state index is 5.55. The second-order valence-electron chi connectivity index (χ2n) is 6.32. The molecule has 5 rings (SSSR count). The van der Waals surface area contributed by atoms with E-state index in [1.54, 1.807) is 0 Å². The van der Waals surface area contributed by atoms with Crippen LogP contribution in [-0.2, 0) is 11.3 Å². The van der Waals surface area contributed by atoms with E-state index in [1.807, 2.05) is 0 Å². The molecule has 120 valence electrons. The number of ether oxygens (including phenoxy) is 1. The third-order valence-corrected chi connectivity index (χ3v) is 4.89. The van der Waals surface area contributed by atoms with E-state index in [2.05, 4.69) is 64.1 Å². The van der Waals surface area contributed by atoms with Gasteiger partial charge in [-0.3, -0.25) is 0 Å². The molecule has 3 aromatic rings. The molecule has 2 aromatic carbocycles. The van der Waals surface area contributed by atoms with Gasteiger partial charge in [0.25, 0.3) is 0 Å². The van der Waals surface area contributed by atoms with Gasteiger partial charge >= 0.3 is 0 Å². The Morgan fingerprint density at radius 2 is 1.62 bits per heavy atom. The Bertz CT molecular complexity index is 879. The number of hydrogen-bond acceptors (Lipinski definition) is 3. The van der Waals surface area contributed by atoms with E-state index >= 15 is 0 Å². The molecule has 24 heavy (non-hydrogen) atoms. The zero-order valence-corrected chi connectivity index (χ0v) is 13.5. The zero-order valence-electron chi connectivity index (χ0n) is 13.5. The molecule has 0 spiro atoms. The Morgan fingerprint density at radius 3 is 2.46 bits per heavy atom. The predicted octanol–water partition coefficient (Wildman–Crippen LogP) is 3.42. The van der Waals surface area contributed by atoms with Gasteiger partial charge in [-0.1, -0.05) is 54.6 Å². The number of nitrogens with zero attached hydrogens (tertiary/aromatic N) is 3. The second-order valence-corrected chi connectivity index (χ2v) is 6.32. The van der Waals surface area contributed by atoms with Crippen molar-refractivity contribution >= 4 is 5.82 Å². The molecule has 0 radical (unpaired) electrons. The zero-order chi connectivity index (χ0) is 15.9. The minimum absolute atomic E-state index is 0.779. The summed E-state index contributed by atoms with van der Waals surface area (Å²) in [5, 5.41) is 0. The topological polar surface area (TPSA) is 30.3 Å². The van der Waals surface area contributed by atoms with Crippen LogP contribution in [0, 0.1) is 0 Å². The van der Waals surface area contributed by atoms with Crippen LogP contribution in [0.1, 0.15) is 5.56 Å². The molecular formula is C20H19N3O. The molecule has 0 atom stereocenters. The van der Waals surface area contributed by atoms with Crippen molar-refractivity contribution in [3.05, 3.63) is 60.2 Å². The molecule has 0 N–H and O–H groups in total. The highest BCUT2D eigenvalue weighted by atomic mass is 16.5. The van der Waals surface area contributed by atoms with Gasteiger partial charge in [0.2, 0.25) is 0 Å². The normalized spacial score (nSPS) is 16.1. The standard InChI is InChI=1S/C20H19N3O/c1-2-6-15(7-3-1)18-20(22-10-12-24-13-11-22)23-14-16-8-4-5-9-17(16)19(23)21-18/h1-9H,10-14H2. The fourth-order valence-corrected chi connectivity index (χ4v) is 3.73. The minimum atomic E-state index is 0.779.